The second-order valence-corrected chi connectivity index (χ2v) is 9.90. The molecule has 0 spiro atoms. The lowest BCUT2D eigenvalue weighted by molar-refractivity contribution is 0.00159. The zero-order chi connectivity index (χ0) is 24.4. The number of carbonyl (C=O) groups excluding carboxylic acids is 1. The van der Waals surface area contributed by atoms with Gasteiger partial charge in [-0.2, -0.15) is 0 Å². The van der Waals surface area contributed by atoms with Gasteiger partial charge in [-0.25, -0.2) is 0 Å². The van der Waals surface area contributed by atoms with Crippen LogP contribution < -0.4 is 10.1 Å². The van der Waals surface area contributed by atoms with Gasteiger partial charge >= 0.3 is 0 Å². The molecule has 5 rings (SSSR count). The summed E-state index contributed by atoms with van der Waals surface area (Å²) < 4.78 is 11.3. The number of piperidine rings is 1. The maximum atomic E-state index is 13.4. The van der Waals surface area contributed by atoms with Gasteiger partial charge in [-0.15, -0.1) is 0 Å². The van der Waals surface area contributed by atoms with Gasteiger partial charge in [0.05, 0.1) is 31.7 Å². The van der Waals surface area contributed by atoms with Gasteiger partial charge in [-0.3, -0.25) is 14.7 Å². The molecule has 2 saturated heterocycles. The molecular weight excluding hydrogens is 440 g/mol. The molecule has 7 heteroatoms. The number of benzene rings is 1. The molecule has 2 aromatic rings. The van der Waals surface area contributed by atoms with E-state index in [-0.39, 0.29) is 11.9 Å². The van der Waals surface area contributed by atoms with E-state index in [1.54, 1.807) is 7.11 Å². The fourth-order valence-corrected chi connectivity index (χ4v) is 5.45. The predicted octanol–water partition coefficient (Wildman–Crippen LogP) is 4.08. The normalized spacial score (nSPS) is 18.7. The first-order chi connectivity index (χ1) is 17.0. The molecule has 1 aliphatic carbocycles. The monoisotopic (exact) mass is 476 g/mol. The van der Waals surface area contributed by atoms with Gasteiger partial charge in [-0.05, 0) is 44.9 Å². The average molecular weight is 477 g/mol. The van der Waals surface area contributed by atoms with Crippen molar-refractivity contribution < 1.29 is 14.3 Å². The Bertz CT molecular complexity index is 1100. The molecule has 2 fully saturated rings. The van der Waals surface area contributed by atoms with Crippen LogP contribution in [-0.2, 0) is 11.2 Å². The summed E-state index contributed by atoms with van der Waals surface area (Å²) in [5.74, 6) is 0.764. The zero-order valence-corrected chi connectivity index (χ0v) is 21.0. The van der Waals surface area contributed by atoms with E-state index >= 15 is 0 Å². The number of morpholine rings is 1. The molecule has 0 unspecified atom stereocenters. The van der Waals surface area contributed by atoms with Crippen molar-refractivity contribution in [2.45, 2.75) is 45.2 Å². The predicted molar refractivity (Wildman–Crippen MR) is 139 cm³/mol. The highest BCUT2D eigenvalue weighted by molar-refractivity contribution is 5.97. The van der Waals surface area contributed by atoms with E-state index in [9.17, 15) is 4.79 Å². The molecule has 0 bridgehead atoms. The molecular formula is C28H36N4O3. The Morgan fingerprint density at radius 1 is 1.14 bits per heavy atom. The van der Waals surface area contributed by atoms with Gasteiger partial charge in [0.2, 0.25) is 0 Å². The number of nitrogens with zero attached hydrogens (tertiary/aromatic N) is 3. The second-order valence-electron chi connectivity index (χ2n) is 9.90. The number of allylic oxidation sites excluding steroid dienone is 1. The third kappa shape index (κ3) is 4.93. The summed E-state index contributed by atoms with van der Waals surface area (Å²) in [7, 11) is 1.66. The molecule has 35 heavy (non-hydrogen) atoms. The lowest BCUT2D eigenvalue weighted by Gasteiger charge is -2.40. The van der Waals surface area contributed by atoms with E-state index in [1.165, 1.54) is 0 Å². The fourth-order valence-electron chi connectivity index (χ4n) is 5.45. The molecule has 1 aromatic carbocycles. The summed E-state index contributed by atoms with van der Waals surface area (Å²) in [6.07, 6.45) is 9.09. The second kappa shape index (κ2) is 10.4. The number of anilines is 1. The van der Waals surface area contributed by atoms with Gasteiger partial charge in [0, 0.05) is 73.1 Å². The van der Waals surface area contributed by atoms with Crippen molar-refractivity contribution in [2.24, 2.45) is 0 Å². The van der Waals surface area contributed by atoms with Crippen molar-refractivity contribution in [3.63, 3.8) is 0 Å². The number of hydrogen-bond acceptors (Lipinski definition) is 6. The maximum Gasteiger partial charge on any atom is 0.253 e. The maximum absolute atomic E-state index is 13.4. The molecule has 7 nitrogen and oxygen atoms in total. The highest BCUT2D eigenvalue weighted by Gasteiger charge is 2.29. The molecule has 0 saturated carbocycles. The van der Waals surface area contributed by atoms with Crippen LogP contribution in [0.3, 0.4) is 0 Å². The SMILES string of the molecule is COc1cc(C(=O)N2CCC(N3CCOCC3)CC2)ccc1-c1cnc2c(c1NC(C)C)C=CC2. The zero-order valence-electron chi connectivity index (χ0n) is 21.0. The summed E-state index contributed by atoms with van der Waals surface area (Å²) in [4.78, 5) is 22.6. The van der Waals surface area contributed by atoms with E-state index in [0.29, 0.717) is 17.4 Å². The number of aromatic nitrogens is 1. The van der Waals surface area contributed by atoms with Crippen molar-refractivity contribution in [1.82, 2.24) is 14.8 Å². The van der Waals surface area contributed by atoms with Crippen LogP contribution in [0, 0.1) is 0 Å². The van der Waals surface area contributed by atoms with Crippen LogP contribution >= 0.6 is 0 Å². The Kier molecular flexibility index (Phi) is 7.07. The van der Waals surface area contributed by atoms with E-state index < -0.39 is 0 Å². The average Bonchev–Trinajstić information content (AvgIpc) is 3.38. The number of amides is 1. The van der Waals surface area contributed by atoms with E-state index in [1.807, 2.05) is 29.3 Å². The van der Waals surface area contributed by atoms with Crippen LogP contribution in [0.1, 0.15) is 48.3 Å². The molecule has 1 aromatic heterocycles. The summed E-state index contributed by atoms with van der Waals surface area (Å²) in [5, 5.41) is 3.61. The number of pyridine rings is 1. The van der Waals surface area contributed by atoms with Crippen LogP contribution in [0.15, 0.2) is 30.5 Å². The summed E-state index contributed by atoms with van der Waals surface area (Å²) in [6.45, 7) is 9.47. The minimum atomic E-state index is 0.0748. The Morgan fingerprint density at radius 2 is 1.91 bits per heavy atom. The lowest BCUT2D eigenvalue weighted by Crippen LogP contribution is -2.50. The molecule has 1 amide bonds. The van der Waals surface area contributed by atoms with Crippen molar-refractivity contribution in [3.05, 3.63) is 47.3 Å². The van der Waals surface area contributed by atoms with Crippen molar-refractivity contribution >= 4 is 17.7 Å². The third-order valence-corrected chi connectivity index (χ3v) is 7.28. The summed E-state index contributed by atoms with van der Waals surface area (Å²) >= 11 is 0. The van der Waals surface area contributed by atoms with Crippen LogP contribution in [0.2, 0.25) is 0 Å². The standard InChI is InChI=1S/C28H36N4O3/c1-19(2)30-27-23-5-4-6-25(23)29-18-24(27)22-8-7-20(17-26(22)34-3)28(33)32-11-9-21(10-12-32)31-13-15-35-16-14-31/h4-5,7-8,17-19,21H,6,9-16H2,1-3H3,(H,29,30). The quantitative estimate of drug-likeness (QED) is 0.678. The largest absolute Gasteiger partial charge is 0.496 e. The van der Waals surface area contributed by atoms with Crippen LogP contribution in [0.5, 0.6) is 5.75 Å². The number of fused-ring (bicyclic) bond motifs is 1. The van der Waals surface area contributed by atoms with Crippen LogP contribution in [0.25, 0.3) is 17.2 Å². The number of carbonyl (C=O) groups is 1. The highest BCUT2D eigenvalue weighted by Crippen LogP contribution is 2.40. The first-order valence-corrected chi connectivity index (χ1v) is 12.8. The Labute approximate surface area is 208 Å². The number of ether oxygens (including phenoxy) is 2. The third-order valence-electron chi connectivity index (χ3n) is 7.28. The molecule has 2 aliphatic heterocycles. The summed E-state index contributed by atoms with van der Waals surface area (Å²) in [6, 6.07) is 6.64. The van der Waals surface area contributed by atoms with E-state index in [4.69, 9.17) is 14.5 Å². The number of methoxy groups -OCH3 is 1. The minimum absolute atomic E-state index is 0.0748. The minimum Gasteiger partial charge on any atom is -0.496 e. The number of hydrogen-bond donors (Lipinski definition) is 1. The van der Waals surface area contributed by atoms with Crippen LogP contribution in [0.4, 0.5) is 5.69 Å². The molecule has 3 aliphatic rings. The van der Waals surface area contributed by atoms with Crippen molar-refractivity contribution in [3.8, 4) is 16.9 Å². The molecule has 0 radical (unpaired) electrons. The first kappa shape index (κ1) is 23.8. The van der Waals surface area contributed by atoms with Gasteiger partial charge in [0.25, 0.3) is 5.91 Å². The Morgan fingerprint density at radius 3 is 2.63 bits per heavy atom. The Balaban J connectivity index is 1.36. The summed E-state index contributed by atoms with van der Waals surface area (Å²) in [5.41, 5.74) is 5.90. The fraction of sp³-hybridized carbons (Fsp3) is 0.500. The van der Waals surface area contributed by atoms with Gasteiger partial charge in [-0.1, -0.05) is 12.2 Å². The van der Waals surface area contributed by atoms with Gasteiger partial charge in [0.15, 0.2) is 0 Å². The smallest absolute Gasteiger partial charge is 0.253 e. The highest BCUT2D eigenvalue weighted by atomic mass is 16.5. The van der Waals surface area contributed by atoms with Gasteiger partial charge in [0.1, 0.15) is 5.75 Å². The number of likely N-dealkylation sites (tertiary alicyclic amines) is 1. The van der Waals surface area contributed by atoms with Crippen molar-refractivity contribution in [1.29, 1.82) is 0 Å². The Hall–Kier alpha value is -2.90. The molecule has 0 atom stereocenters. The topological polar surface area (TPSA) is 66.9 Å². The van der Waals surface area contributed by atoms with Crippen LogP contribution in [-0.4, -0.2) is 79.3 Å². The van der Waals surface area contributed by atoms with Gasteiger partial charge < -0.3 is 19.7 Å². The van der Waals surface area contributed by atoms with E-state index in [0.717, 1.165) is 86.7 Å². The number of nitrogens with one attached hydrogen (secondary N) is 1. The number of rotatable bonds is 6. The van der Waals surface area contributed by atoms with Crippen molar-refractivity contribution in [2.75, 3.05) is 51.8 Å². The molecule has 1 N–H and O–H groups in total. The molecule has 3 heterocycles. The van der Waals surface area contributed by atoms with E-state index in [2.05, 4.69) is 36.2 Å². The molecule has 186 valence electrons. The first-order valence-electron chi connectivity index (χ1n) is 12.8. The lowest BCUT2D eigenvalue weighted by atomic mass is 9.98.